The fourth-order valence-corrected chi connectivity index (χ4v) is 4.05. The molecular weight excluding hydrogens is 490 g/mol. The fourth-order valence-electron chi connectivity index (χ4n) is 4.05. The van der Waals surface area contributed by atoms with Crippen LogP contribution in [-0.2, 0) is 17.4 Å². The fraction of sp³-hybridized carbons (Fsp3) is 0.321. The van der Waals surface area contributed by atoms with Crippen LogP contribution in [0, 0.1) is 12.7 Å². The lowest BCUT2D eigenvalue weighted by Gasteiger charge is -2.18. The predicted molar refractivity (Wildman–Crippen MR) is 132 cm³/mol. The van der Waals surface area contributed by atoms with Crippen LogP contribution in [0.5, 0.6) is 11.5 Å². The Hall–Kier alpha value is -3.59. The van der Waals surface area contributed by atoms with Crippen molar-refractivity contribution in [3.63, 3.8) is 0 Å². The summed E-state index contributed by atoms with van der Waals surface area (Å²) in [5.41, 5.74) is 1.23. The molecule has 3 aromatic carbocycles. The Morgan fingerprint density at radius 3 is 2.51 bits per heavy atom. The molecule has 3 rings (SSSR count). The van der Waals surface area contributed by atoms with Crippen LogP contribution in [0.15, 0.2) is 54.6 Å². The maximum absolute atomic E-state index is 14.4. The van der Waals surface area contributed by atoms with Crippen molar-refractivity contribution in [2.75, 3.05) is 20.3 Å². The molecule has 0 aliphatic rings. The number of nitrogens with one attached hydrogen (secondary N) is 1. The van der Waals surface area contributed by atoms with Gasteiger partial charge >= 0.3 is 12.1 Å². The number of aliphatic carboxylic acids is 1. The first-order chi connectivity index (χ1) is 17.5. The minimum absolute atomic E-state index is 0.0245. The zero-order chi connectivity index (χ0) is 27.2. The van der Waals surface area contributed by atoms with Gasteiger partial charge in [0.05, 0.1) is 12.7 Å². The van der Waals surface area contributed by atoms with Gasteiger partial charge in [-0.3, -0.25) is 4.79 Å². The molecule has 0 saturated heterocycles. The van der Waals surface area contributed by atoms with E-state index in [0.717, 1.165) is 29.5 Å². The molecule has 0 radical (unpaired) electrons. The lowest BCUT2D eigenvalue weighted by molar-refractivity contribution is -0.138. The van der Waals surface area contributed by atoms with Crippen LogP contribution in [0.3, 0.4) is 0 Å². The molecule has 37 heavy (non-hydrogen) atoms. The molecule has 2 N–H and O–H groups in total. The van der Waals surface area contributed by atoms with Crippen molar-refractivity contribution in [2.24, 2.45) is 0 Å². The molecule has 198 valence electrons. The highest BCUT2D eigenvalue weighted by atomic mass is 19.4. The van der Waals surface area contributed by atoms with Crippen molar-refractivity contribution in [1.82, 2.24) is 5.32 Å². The lowest BCUT2D eigenvalue weighted by atomic mass is 9.92. The smallest absolute Gasteiger partial charge is 0.416 e. The number of carbonyl (C=O) groups is 1. The summed E-state index contributed by atoms with van der Waals surface area (Å²) in [6, 6.07) is 13.4. The molecule has 0 saturated carbocycles. The van der Waals surface area contributed by atoms with E-state index in [0.29, 0.717) is 17.7 Å². The second kappa shape index (κ2) is 12.1. The van der Waals surface area contributed by atoms with E-state index in [1.165, 1.54) is 12.1 Å². The van der Waals surface area contributed by atoms with Crippen molar-refractivity contribution < 1.29 is 36.9 Å². The average Bonchev–Trinajstić information content (AvgIpc) is 2.85. The molecule has 3 aromatic rings. The lowest BCUT2D eigenvalue weighted by Crippen LogP contribution is -2.24. The Bertz CT molecular complexity index is 1240. The number of rotatable bonds is 11. The van der Waals surface area contributed by atoms with E-state index in [1.54, 1.807) is 14.0 Å². The van der Waals surface area contributed by atoms with Crippen LogP contribution in [0.2, 0.25) is 0 Å². The molecule has 0 aliphatic heterocycles. The topological polar surface area (TPSA) is 67.8 Å². The summed E-state index contributed by atoms with van der Waals surface area (Å²) >= 11 is 0. The Morgan fingerprint density at radius 2 is 1.84 bits per heavy atom. The summed E-state index contributed by atoms with van der Waals surface area (Å²) in [6.07, 6.45) is -4.98. The molecule has 5 nitrogen and oxygen atoms in total. The highest BCUT2D eigenvalue weighted by molar-refractivity contribution is 5.72. The van der Waals surface area contributed by atoms with E-state index in [1.807, 2.05) is 31.2 Å². The number of ether oxygens (including phenoxy) is 2. The van der Waals surface area contributed by atoms with Crippen LogP contribution in [0.25, 0.3) is 11.1 Å². The quantitative estimate of drug-likeness (QED) is 0.221. The Balaban J connectivity index is 1.79. The summed E-state index contributed by atoms with van der Waals surface area (Å²) in [7, 11) is 1.58. The number of carboxylic acid groups (broad SMARTS) is 1. The summed E-state index contributed by atoms with van der Waals surface area (Å²) in [6.45, 7) is 4.01. The number of hydrogen-bond acceptors (Lipinski definition) is 4. The van der Waals surface area contributed by atoms with E-state index in [-0.39, 0.29) is 42.4 Å². The average molecular weight is 520 g/mol. The monoisotopic (exact) mass is 519 g/mol. The van der Waals surface area contributed by atoms with Crippen molar-refractivity contribution in [3.05, 3.63) is 82.7 Å². The predicted octanol–water partition coefficient (Wildman–Crippen LogP) is 6.58. The van der Waals surface area contributed by atoms with Gasteiger partial charge in [-0.1, -0.05) is 18.2 Å². The van der Waals surface area contributed by atoms with Crippen LogP contribution in [0.4, 0.5) is 17.6 Å². The van der Waals surface area contributed by atoms with E-state index in [9.17, 15) is 22.4 Å². The zero-order valence-corrected chi connectivity index (χ0v) is 20.8. The van der Waals surface area contributed by atoms with Crippen molar-refractivity contribution in [2.45, 2.75) is 38.9 Å². The van der Waals surface area contributed by atoms with Gasteiger partial charge in [0.25, 0.3) is 0 Å². The number of hydrogen-bond donors (Lipinski definition) is 2. The SMILES string of the molecule is COc1cccc(C(C)NCCOc2cc(-c3ccc(F)c(CCC(=O)O)c3C)cc(C(F)(F)F)c2)c1. The highest BCUT2D eigenvalue weighted by Gasteiger charge is 2.32. The van der Waals surface area contributed by atoms with Crippen molar-refractivity contribution in [1.29, 1.82) is 0 Å². The van der Waals surface area contributed by atoms with Gasteiger partial charge < -0.3 is 19.9 Å². The van der Waals surface area contributed by atoms with Crippen LogP contribution in [0.1, 0.15) is 41.6 Å². The number of carboxylic acids is 1. The summed E-state index contributed by atoms with van der Waals surface area (Å²) < 4.78 is 66.2. The number of halogens is 4. The molecule has 9 heteroatoms. The summed E-state index contributed by atoms with van der Waals surface area (Å²) in [5.74, 6) is -0.937. The van der Waals surface area contributed by atoms with Crippen LogP contribution < -0.4 is 14.8 Å². The molecule has 0 heterocycles. The van der Waals surface area contributed by atoms with Crippen LogP contribution in [-0.4, -0.2) is 31.3 Å². The van der Waals surface area contributed by atoms with Gasteiger partial charge in [-0.05, 0) is 84.5 Å². The summed E-state index contributed by atoms with van der Waals surface area (Å²) in [4.78, 5) is 11.0. The third-order valence-corrected chi connectivity index (χ3v) is 6.09. The van der Waals surface area contributed by atoms with Gasteiger partial charge in [-0.25, -0.2) is 4.39 Å². The molecule has 1 unspecified atom stereocenters. The van der Waals surface area contributed by atoms with Crippen LogP contribution >= 0.6 is 0 Å². The zero-order valence-electron chi connectivity index (χ0n) is 20.8. The minimum atomic E-state index is -4.62. The maximum atomic E-state index is 14.4. The van der Waals surface area contributed by atoms with Gasteiger partial charge in [0.15, 0.2) is 0 Å². The third-order valence-electron chi connectivity index (χ3n) is 6.09. The highest BCUT2D eigenvalue weighted by Crippen LogP contribution is 2.37. The second-order valence-corrected chi connectivity index (χ2v) is 8.64. The molecule has 0 aromatic heterocycles. The van der Waals surface area contributed by atoms with E-state index < -0.39 is 23.5 Å². The summed E-state index contributed by atoms with van der Waals surface area (Å²) in [5, 5.41) is 12.2. The molecule has 0 spiro atoms. The van der Waals surface area contributed by atoms with Gasteiger partial charge in [-0.2, -0.15) is 13.2 Å². The molecule has 0 bridgehead atoms. The standard InChI is InChI=1S/C28H29F4NO4/c1-17-24(7-9-26(29)25(17)8-10-27(34)35)20-13-21(28(30,31)32)16-23(15-20)37-12-11-33-18(2)19-5-4-6-22(14-19)36-3/h4-7,9,13-16,18,33H,8,10-12H2,1-3H3,(H,34,35). The van der Waals surface area contributed by atoms with Gasteiger partial charge in [0.1, 0.15) is 23.9 Å². The Kier molecular flexibility index (Phi) is 9.15. The number of benzene rings is 3. The second-order valence-electron chi connectivity index (χ2n) is 8.64. The van der Waals surface area contributed by atoms with Gasteiger partial charge in [-0.15, -0.1) is 0 Å². The van der Waals surface area contributed by atoms with Gasteiger partial charge in [0.2, 0.25) is 0 Å². The number of alkyl halides is 3. The largest absolute Gasteiger partial charge is 0.497 e. The molecule has 0 aliphatic carbocycles. The van der Waals surface area contributed by atoms with Crippen molar-refractivity contribution >= 4 is 5.97 Å². The van der Waals surface area contributed by atoms with E-state index in [2.05, 4.69) is 5.32 Å². The maximum Gasteiger partial charge on any atom is 0.416 e. The Morgan fingerprint density at radius 1 is 1.08 bits per heavy atom. The van der Waals surface area contributed by atoms with E-state index >= 15 is 0 Å². The molecule has 0 amide bonds. The first-order valence-electron chi connectivity index (χ1n) is 11.7. The van der Waals surface area contributed by atoms with E-state index in [4.69, 9.17) is 14.6 Å². The first-order valence-corrected chi connectivity index (χ1v) is 11.7. The molecular formula is C28H29F4NO4. The third kappa shape index (κ3) is 7.45. The minimum Gasteiger partial charge on any atom is -0.497 e. The molecule has 0 fully saturated rings. The van der Waals surface area contributed by atoms with Crippen molar-refractivity contribution in [3.8, 4) is 22.6 Å². The number of methoxy groups -OCH3 is 1. The first kappa shape index (κ1) is 28.0. The molecule has 1 atom stereocenters. The Labute approximate surface area is 213 Å². The normalized spacial score (nSPS) is 12.3. The van der Waals surface area contributed by atoms with Gasteiger partial charge in [0, 0.05) is 19.0 Å².